The fourth-order valence-electron chi connectivity index (χ4n) is 2.50. The van der Waals surface area contributed by atoms with Gasteiger partial charge in [-0.15, -0.1) is 0 Å². The molecule has 0 bridgehead atoms. The minimum atomic E-state index is -1.49. The molecule has 0 aliphatic carbocycles. The van der Waals surface area contributed by atoms with Gasteiger partial charge in [0, 0.05) is 5.56 Å². The Morgan fingerprint density at radius 1 is 0.957 bits per heavy atom. The Kier molecular flexibility index (Phi) is 10.3. The fraction of sp³-hybridized carbons (Fsp3) is 0.526. The van der Waals surface area contributed by atoms with Crippen LogP contribution >= 0.6 is 0 Å². The zero-order chi connectivity index (χ0) is 16.9. The highest BCUT2D eigenvalue weighted by atomic mass is 16.4. The van der Waals surface area contributed by atoms with Gasteiger partial charge in [0.2, 0.25) is 0 Å². The molecule has 0 aliphatic heterocycles. The van der Waals surface area contributed by atoms with Gasteiger partial charge in [-0.2, -0.15) is 0 Å². The molecule has 0 fully saturated rings. The Bertz CT molecular complexity index is 466. The summed E-state index contributed by atoms with van der Waals surface area (Å²) in [4.78, 5) is 11.9. The highest BCUT2D eigenvalue weighted by Gasteiger charge is 2.10. The maximum atomic E-state index is 11.9. The molecule has 1 rings (SSSR count). The maximum Gasteiger partial charge on any atom is 0.488 e. The van der Waals surface area contributed by atoms with Gasteiger partial charge in [-0.25, -0.2) is 0 Å². The molecule has 0 aromatic heterocycles. The van der Waals surface area contributed by atoms with Crippen LogP contribution in [-0.2, 0) is 0 Å². The Balaban J connectivity index is 2.15. The van der Waals surface area contributed by atoms with E-state index >= 15 is 0 Å². The number of unbranched alkanes of at least 4 members (excludes halogenated alkanes) is 8. The van der Waals surface area contributed by atoms with E-state index in [4.69, 9.17) is 10.0 Å². The van der Waals surface area contributed by atoms with Crippen LogP contribution in [0, 0.1) is 0 Å². The van der Waals surface area contributed by atoms with Gasteiger partial charge in [0.05, 0.1) is 0 Å². The molecule has 2 N–H and O–H groups in total. The van der Waals surface area contributed by atoms with Gasteiger partial charge >= 0.3 is 7.12 Å². The predicted molar refractivity (Wildman–Crippen MR) is 97.0 cm³/mol. The second-order valence-corrected chi connectivity index (χ2v) is 6.03. The molecule has 0 heterocycles. The third-order valence-corrected chi connectivity index (χ3v) is 3.99. The van der Waals surface area contributed by atoms with Crippen molar-refractivity contribution in [1.29, 1.82) is 0 Å². The standard InChI is InChI=1S/C19H29BO3/c1-2-3-4-5-6-7-8-9-10-11-12-19(21)17-13-15-18(16-14-17)20(22)23/h11-16,22-23H,2-10H2,1H3. The van der Waals surface area contributed by atoms with Crippen molar-refractivity contribution in [3.63, 3.8) is 0 Å². The summed E-state index contributed by atoms with van der Waals surface area (Å²) >= 11 is 0. The van der Waals surface area contributed by atoms with Crippen LogP contribution in [0.5, 0.6) is 0 Å². The van der Waals surface area contributed by atoms with Gasteiger partial charge in [-0.05, 0) is 24.4 Å². The first-order valence-electron chi connectivity index (χ1n) is 8.82. The van der Waals surface area contributed by atoms with Gasteiger partial charge in [0.15, 0.2) is 5.78 Å². The Labute approximate surface area is 140 Å². The van der Waals surface area contributed by atoms with E-state index in [1.807, 2.05) is 6.08 Å². The molecule has 3 nitrogen and oxygen atoms in total. The van der Waals surface area contributed by atoms with Crippen LogP contribution in [0.2, 0.25) is 0 Å². The van der Waals surface area contributed by atoms with Crippen molar-refractivity contribution in [2.24, 2.45) is 0 Å². The zero-order valence-corrected chi connectivity index (χ0v) is 14.2. The largest absolute Gasteiger partial charge is 0.488 e. The van der Waals surface area contributed by atoms with Crippen molar-refractivity contribution in [2.45, 2.75) is 64.7 Å². The molecular weight excluding hydrogens is 287 g/mol. The lowest BCUT2D eigenvalue weighted by Crippen LogP contribution is -2.29. The summed E-state index contributed by atoms with van der Waals surface area (Å²) in [6.45, 7) is 2.23. The number of hydrogen-bond acceptors (Lipinski definition) is 3. The number of hydrogen-bond donors (Lipinski definition) is 2. The van der Waals surface area contributed by atoms with Crippen molar-refractivity contribution in [2.75, 3.05) is 0 Å². The molecule has 0 saturated carbocycles. The zero-order valence-electron chi connectivity index (χ0n) is 14.2. The van der Waals surface area contributed by atoms with Gasteiger partial charge in [0.25, 0.3) is 0 Å². The monoisotopic (exact) mass is 316 g/mol. The lowest BCUT2D eigenvalue weighted by molar-refractivity contribution is 0.104. The highest BCUT2D eigenvalue weighted by molar-refractivity contribution is 6.58. The molecule has 23 heavy (non-hydrogen) atoms. The van der Waals surface area contributed by atoms with Crippen molar-refractivity contribution in [3.8, 4) is 0 Å². The molecule has 0 saturated heterocycles. The van der Waals surface area contributed by atoms with Crippen molar-refractivity contribution >= 4 is 18.4 Å². The van der Waals surface area contributed by atoms with Crippen LogP contribution in [0.3, 0.4) is 0 Å². The van der Waals surface area contributed by atoms with Crippen molar-refractivity contribution < 1.29 is 14.8 Å². The highest BCUT2D eigenvalue weighted by Crippen LogP contribution is 2.10. The van der Waals surface area contributed by atoms with E-state index in [1.54, 1.807) is 30.3 Å². The number of allylic oxidation sites excluding steroid dienone is 2. The summed E-state index contributed by atoms with van der Waals surface area (Å²) in [6.07, 6.45) is 14.8. The number of ketones is 1. The van der Waals surface area contributed by atoms with Crippen LogP contribution in [0.1, 0.15) is 75.1 Å². The maximum absolute atomic E-state index is 11.9. The van der Waals surface area contributed by atoms with Crippen LogP contribution in [0.25, 0.3) is 0 Å². The van der Waals surface area contributed by atoms with E-state index in [1.165, 1.54) is 44.9 Å². The Morgan fingerprint density at radius 2 is 1.52 bits per heavy atom. The van der Waals surface area contributed by atoms with E-state index in [2.05, 4.69) is 6.92 Å². The van der Waals surface area contributed by atoms with Crippen molar-refractivity contribution in [1.82, 2.24) is 0 Å². The fourth-order valence-corrected chi connectivity index (χ4v) is 2.50. The molecule has 1 aromatic carbocycles. The lowest BCUT2D eigenvalue weighted by atomic mass is 9.80. The number of carbonyl (C=O) groups excluding carboxylic acids is 1. The van der Waals surface area contributed by atoms with Crippen LogP contribution < -0.4 is 5.46 Å². The average molecular weight is 316 g/mol. The molecular formula is C19H29BO3. The molecule has 0 aliphatic rings. The quantitative estimate of drug-likeness (QED) is 0.268. The number of benzene rings is 1. The number of rotatable bonds is 12. The minimum Gasteiger partial charge on any atom is -0.423 e. The second kappa shape index (κ2) is 12.1. The summed E-state index contributed by atoms with van der Waals surface area (Å²) in [6, 6.07) is 6.37. The van der Waals surface area contributed by atoms with Gasteiger partial charge in [-0.1, -0.05) is 82.2 Å². The molecule has 0 spiro atoms. The first-order chi connectivity index (χ1) is 11.1. The first-order valence-corrected chi connectivity index (χ1v) is 8.82. The van der Waals surface area contributed by atoms with E-state index in [0.29, 0.717) is 11.0 Å². The minimum absolute atomic E-state index is 0.0384. The number of carbonyl (C=O) groups is 1. The molecule has 0 amide bonds. The van der Waals surface area contributed by atoms with Crippen LogP contribution in [0.15, 0.2) is 36.4 Å². The lowest BCUT2D eigenvalue weighted by Gasteiger charge is -2.01. The molecule has 4 heteroatoms. The van der Waals surface area contributed by atoms with Gasteiger partial charge in [0.1, 0.15) is 0 Å². The normalized spacial score (nSPS) is 11.1. The van der Waals surface area contributed by atoms with Gasteiger partial charge < -0.3 is 10.0 Å². The summed E-state index contributed by atoms with van der Waals surface area (Å²) in [5.74, 6) is -0.0384. The van der Waals surface area contributed by atoms with E-state index in [0.717, 1.165) is 12.8 Å². The van der Waals surface area contributed by atoms with E-state index in [9.17, 15) is 4.79 Å². The molecule has 1 aromatic rings. The van der Waals surface area contributed by atoms with E-state index in [-0.39, 0.29) is 5.78 Å². The van der Waals surface area contributed by atoms with Crippen molar-refractivity contribution in [3.05, 3.63) is 42.0 Å². The van der Waals surface area contributed by atoms with Crippen LogP contribution in [0.4, 0.5) is 0 Å². The summed E-state index contributed by atoms with van der Waals surface area (Å²) < 4.78 is 0. The topological polar surface area (TPSA) is 57.5 Å². The third kappa shape index (κ3) is 8.72. The average Bonchev–Trinajstić information content (AvgIpc) is 2.56. The predicted octanol–water partition coefficient (Wildman–Crippen LogP) is 3.64. The smallest absolute Gasteiger partial charge is 0.423 e. The summed E-state index contributed by atoms with van der Waals surface area (Å²) in [5.41, 5.74) is 0.964. The first kappa shape index (κ1) is 19.7. The third-order valence-electron chi connectivity index (χ3n) is 3.99. The SMILES string of the molecule is CCCCCCCCCCC=CC(=O)c1ccc(B(O)O)cc1. The summed E-state index contributed by atoms with van der Waals surface area (Å²) in [5, 5.41) is 18.0. The Morgan fingerprint density at radius 3 is 2.09 bits per heavy atom. The Hall–Kier alpha value is -1.39. The molecule has 0 unspecified atom stereocenters. The second-order valence-electron chi connectivity index (χ2n) is 6.03. The van der Waals surface area contributed by atoms with E-state index < -0.39 is 7.12 Å². The van der Waals surface area contributed by atoms with Gasteiger partial charge in [-0.3, -0.25) is 4.79 Å². The molecule has 0 radical (unpaired) electrons. The molecule has 0 atom stereocenters. The summed E-state index contributed by atoms with van der Waals surface area (Å²) in [7, 11) is -1.49. The van der Waals surface area contributed by atoms with Crippen LogP contribution in [-0.4, -0.2) is 22.9 Å². The molecule has 126 valence electrons.